The van der Waals surface area contributed by atoms with Crippen molar-refractivity contribution in [2.45, 2.75) is 39.5 Å². The Kier molecular flexibility index (Phi) is 3.81. The Morgan fingerprint density at radius 1 is 1.38 bits per heavy atom. The SMILES string of the molecule is C=CNC1=C(CC)CCC(CC)=C1. The first-order valence-corrected chi connectivity index (χ1v) is 5.10. The smallest absolute Gasteiger partial charge is 0.0370 e. The molecule has 1 N–H and O–H groups in total. The third-order valence-corrected chi connectivity index (χ3v) is 2.62. The summed E-state index contributed by atoms with van der Waals surface area (Å²) in [6, 6.07) is 0. The first-order valence-electron chi connectivity index (χ1n) is 5.10. The van der Waals surface area contributed by atoms with Crippen LogP contribution in [0.2, 0.25) is 0 Å². The molecular weight excluding hydrogens is 158 g/mol. The number of allylic oxidation sites excluding steroid dienone is 3. The predicted octanol–water partition coefficient (Wildman–Crippen LogP) is 3.51. The van der Waals surface area contributed by atoms with E-state index in [9.17, 15) is 0 Å². The first kappa shape index (κ1) is 10.1. The van der Waals surface area contributed by atoms with Crippen LogP contribution in [-0.4, -0.2) is 0 Å². The fourth-order valence-electron chi connectivity index (χ4n) is 1.72. The molecule has 72 valence electrons. The molecule has 0 spiro atoms. The summed E-state index contributed by atoms with van der Waals surface area (Å²) >= 11 is 0. The summed E-state index contributed by atoms with van der Waals surface area (Å²) < 4.78 is 0. The number of rotatable bonds is 4. The summed E-state index contributed by atoms with van der Waals surface area (Å²) in [6.07, 6.45) is 8.81. The molecule has 0 fully saturated rings. The second-order valence-electron chi connectivity index (χ2n) is 3.38. The van der Waals surface area contributed by atoms with E-state index < -0.39 is 0 Å². The minimum absolute atomic E-state index is 1.14. The summed E-state index contributed by atoms with van der Waals surface area (Å²) in [5.74, 6) is 0. The average Bonchev–Trinajstić information content (AvgIpc) is 2.18. The van der Waals surface area contributed by atoms with Crippen LogP contribution in [0.25, 0.3) is 0 Å². The highest BCUT2D eigenvalue weighted by Crippen LogP contribution is 2.26. The van der Waals surface area contributed by atoms with Crippen LogP contribution in [-0.2, 0) is 0 Å². The zero-order valence-electron chi connectivity index (χ0n) is 8.69. The van der Waals surface area contributed by atoms with Gasteiger partial charge >= 0.3 is 0 Å². The third-order valence-electron chi connectivity index (χ3n) is 2.62. The molecule has 1 aliphatic rings. The number of hydrogen-bond acceptors (Lipinski definition) is 1. The average molecular weight is 177 g/mol. The van der Waals surface area contributed by atoms with E-state index in [-0.39, 0.29) is 0 Å². The van der Waals surface area contributed by atoms with E-state index in [2.05, 4.69) is 31.8 Å². The lowest BCUT2D eigenvalue weighted by atomic mass is 9.93. The standard InChI is InChI=1S/C12H19N/c1-4-10-7-8-11(5-2)12(9-10)13-6-3/h6,9,13H,3-5,7-8H2,1-2H3. The molecule has 1 heteroatoms. The van der Waals surface area contributed by atoms with Crippen molar-refractivity contribution in [1.29, 1.82) is 0 Å². The van der Waals surface area contributed by atoms with Crippen molar-refractivity contribution in [2.24, 2.45) is 0 Å². The first-order chi connectivity index (χ1) is 6.31. The van der Waals surface area contributed by atoms with Crippen LogP contribution in [0.3, 0.4) is 0 Å². The summed E-state index contributed by atoms with van der Waals surface area (Å²) in [7, 11) is 0. The maximum absolute atomic E-state index is 3.70. The molecule has 1 rings (SSSR count). The Labute approximate surface area is 81.2 Å². The van der Waals surface area contributed by atoms with E-state index in [1.165, 1.54) is 30.5 Å². The fraction of sp³-hybridized carbons (Fsp3) is 0.500. The lowest BCUT2D eigenvalue weighted by Gasteiger charge is -2.18. The molecule has 1 nitrogen and oxygen atoms in total. The highest BCUT2D eigenvalue weighted by molar-refractivity contribution is 5.33. The van der Waals surface area contributed by atoms with Crippen molar-refractivity contribution in [3.63, 3.8) is 0 Å². The predicted molar refractivity (Wildman–Crippen MR) is 58.3 cm³/mol. The van der Waals surface area contributed by atoms with Crippen molar-refractivity contribution < 1.29 is 0 Å². The van der Waals surface area contributed by atoms with E-state index in [4.69, 9.17) is 0 Å². The van der Waals surface area contributed by atoms with Gasteiger partial charge in [0.2, 0.25) is 0 Å². The van der Waals surface area contributed by atoms with Gasteiger partial charge in [-0.05, 0) is 43.5 Å². The largest absolute Gasteiger partial charge is 0.362 e. The van der Waals surface area contributed by atoms with Crippen LogP contribution in [0.15, 0.2) is 35.7 Å². The topological polar surface area (TPSA) is 12.0 Å². The van der Waals surface area contributed by atoms with Gasteiger partial charge in [0.15, 0.2) is 0 Å². The van der Waals surface area contributed by atoms with Gasteiger partial charge in [-0.1, -0.05) is 26.0 Å². The number of hydrogen-bond donors (Lipinski definition) is 1. The maximum Gasteiger partial charge on any atom is 0.0370 e. The second kappa shape index (κ2) is 4.90. The Balaban J connectivity index is 2.84. The van der Waals surface area contributed by atoms with Crippen LogP contribution in [0.4, 0.5) is 0 Å². The van der Waals surface area contributed by atoms with Crippen LogP contribution in [0, 0.1) is 0 Å². The molecule has 0 aromatic carbocycles. The van der Waals surface area contributed by atoms with Gasteiger partial charge < -0.3 is 5.32 Å². The van der Waals surface area contributed by atoms with Gasteiger partial charge in [-0.2, -0.15) is 0 Å². The molecule has 0 heterocycles. The van der Waals surface area contributed by atoms with Gasteiger partial charge in [0.1, 0.15) is 0 Å². The van der Waals surface area contributed by atoms with Crippen molar-refractivity contribution in [3.8, 4) is 0 Å². The van der Waals surface area contributed by atoms with E-state index >= 15 is 0 Å². The molecule has 0 atom stereocenters. The van der Waals surface area contributed by atoms with Crippen molar-refractivity contribution in [3.05, 3.63) is 35.7 Å². The summed E-state index contributed by atoms with van der Waals surface area (Å²) in [5.41, 5.74) is 4.35. The highest BCUT2D eigenvalue weighted by Gasteiger charge is 2.09. The Bertz CT molecular complexity index is 246. The van der Waals surface area contributed by atoms with Gasteiger partial charge in [-0.25, -0.2) is 0 Å². The van der Waals surface area contributed by atoms with E-state index in [1.54, 1.807) is 11.8 Å². The van der Waals surface area contributed by atoms with E-state index in [1.807, 2.05) is 0 Å². The summed E-state index contributed by atoms with van der Waals surface area (Å²) in [4.78, 5) is 0. The Morgan fingerprint density at radius 3 is 2.69 bits per heavy atom. The molecule has 0 aromatic rings. The molecule has 13 heavy (non-hydrogen) atoms. The van der Waals surface area contributed by atoms with Crippen molar-refractivity contribution >= 4 is 0 Å². The van der Waals surface area contributed by atoms with Crippen LogP contribution in [0.5, 0.6) is 0 Å². The lowest BCUT2D eigenvalue weighted by Crippen LogP contribution is -2.10. The molecule has 0 unspecified atom stereocenters. The number of nitrogens with one attached hydrogen (secondary N) is 1. The molecule has 1 aliphatic carbocycles. The third kappa shape index (κ3) is 2.48. The van der Waals surface area contributed by atoms with E-state index in [0.717, 1.165) is 6.42 Å². The van der Waals surface area contributed by atoms with Gasteiger partial charge in [-0.15, -0.1) is 0 Å². The molecular formula is C12H19N. The molecule has 0 aliphatic heterocycles. The van der Waals surface area contributed by atoms with Crippen molar-refractivity contribution in [2.75, 3.05) is 0 Å². The Morgan fingerprint density at radius 2 is 2.15 bits per heavy atom. The monoisotopic (exact) mass is 177 g/mol. The van der Waals surface area contributed by atoms with Crippen LogP contribution < -0.4 is 5.32 Å². The minimum Gasteiger partial charge on any atom is -0.362 e. The van der Waals surface area contributed by atoms with Crippen LogP contribution in [0.1, 0.15) is 39.5 Å². The summed E-state index contributed by atoms with van der Waals surface area (Å²) in [5, 5.41) is 3.22. The zero-order valence-corrected chi connectivity index (χ0v) is 8.69. The van der Waals surface area contributed by atoms with Gasteiger partial charge in [0.25, 0.3) is 0 Å². The molecule has 0 aromatic heterocycles. The lowest BCUT2D eigenvalue weighted by molar-refractivity contribution is 0.789. The van der Waals surface area contributed by atoms with Gasteiger partial charge in [0, 0.05) is 5.70 Å². The maximum atomic E-state index is 3.70. The fourth-order valence-corrected chi connectivity index (χ4v) is 1.72. The second-order valence-corrected chi connectivity index (χ2v) is 3.38. The molecule has 0 saturated carbocycles. The molecule has 0 bridgehead atoms. The minimum atomic E-state index is 1.14. The van der Waals surface area contributed by atoms with Crippen LogP contribution >= 0.6 is 0 Å². The molecule has 0 radical (unpaired) electrons. The highest BCUT2D eigenvalue weighted by atomic mass is 14.8. The quantitative estimate of drug-likeness (QED) is 0.693. The molecule has 0 amide bonds. The zero-order chi connectivity index (χ0) is 9.68. The molecule has 0 saturated heterocycles. The summed E-state index contributed by atoms with van der Waals surface area (Å²) in [6.45, 7) is 8.13. The normalized spacial score (nSPS) is 16.9. The van der Waals surface area contributed by atoms with Crippen molar-refractivity contribution in [1.82, 2.24) is 5.32 Å². The van der Waals surface area contributed by atoms with Gasteiger partial charge in [-0.3, -0.25) is 0 Å². The van der Waals surface area contributed by atoms with E-state index in [0.29, 0.717) is 0 Å². The Hall–Kier alpha value is -0.980. The van der Waals surface area contributed by atoms with Gasteiger partial charge in [0.05, 0.1) is 0 Å².